The maximum absolute atomic E-state index is 2.50. The van der Waals surface area contributed by atoms with Crippen LogP contribution < -0.4 is 52.4 Å². The Morgan fingerprint density at radius 3 is 1.03 bits per heavy atom. The molecule has 0 bridgehead atoms. The van der Waals surface area contributed by atoms with Gasteiger partial charge in [0.05, 0.1) is 0 Å². The summed E-state index contributed by atoms with van der Waals surface area (Å²) < 4.78 is 0. The second-order valence-corrected chi connectivity index (χ2v) is 24.9. The number of benzene rings is 14. The third-order valence-corrected chi connectivity index (χ3v) is 19.3. The van der Waals surface area contributed by atoms with Crippen LogP contribution in [0, 0.1) is 0 Å². The second kappa shape index (κ2) is 23.3. The lowest BCUT2D eigenvalue weighted by Gasteiger charge is -2.44. The predicted octanol–water partition coefficient (Wildman–Crippen LogP) is 19.3. The maximum Gasteiger partial charge on any atom is 0.252 e. The van der Waals surface area contributed by atoms with Crippen LogP contribution in [0.3, 0.4) is 0 Å². The molecule has 438 valence electrons. The van der Waals surface area contributed by atoms with E-state index in [9.17, 15) is 0 Å². The van der Waals surface area contributed by atoms with Crippen molar-refractivity contribution >= 4 is 114 Å². The summed E-state index contributed by atoms with van der Waals surface area (Å²) in [6, 6.07) is 126. The number of anilines is 12. The summed E-state index contributed by atoms with van der Waals surface area (Å²) in [4.78, 5) is 9.85. The van der Waals surface area contributed by atoms with Crippen LogP contribution in [0.2, 0.25) is 0 Å². The van der Waals surface area contributed by atoms with E-state index in [-0.39, 0.29) is 13.4 Å². The molecule has 0 fully saturated rings. The van der Waals surface area contributed by atoms with Crippen molar-refractivity contribution in [3.05, 3.63) is 351 Å². The van der Waals surface area contributed by atoms with E-state index in [1.165, 1.54) is 140 Å². The van der Waals surface area contributed by atoms with Gasteiger partial charge in [-0.2, -0.15) is 0 Å². The molecule has 4 heterocycles. The van der Waals surface area contributed by atoms with Crippen LogP contribution in [0.4, 0.5) is 68.2 Å². The highest BCUT2D eigenvalue weighted by atomic mass is 15.2. The number of rotatable bonds is 9. The fourth-order valence-corrected chi connectivity index (χ4v) is 15.0. The number of nitrogens with zero attached hydrogens (tertiary/aromatic N) is 4. The Morgan fingerprint density at radius 1 is 0.204 bits per heavy atom. The summed E-state index contributed by atoms with van der Waals surface area (Å²) >= 11 is 0. The zero-order valence-electron chi connectivity index (χ0n) is 51.9. The molecule has 0 aromatic heterocycles. The van der Waals surface area contributed by atoms with Crippen molar-refractivity contribution < 1.29 is 0 Å². The Bertz CT molecular complexity index is 5080. The highest BCUT2D eigenvalue weighted by molar-refractivity contribution is 7.01. The quantitative estimate of drug-likeness (QED) is 0.134. The normalized spacial score (nSPS) is 12.8. The molecular formula is C87H64B2N4. The molecule has 0 unspecified atom stereocenters. The van der Waals surface area contributed by atoms with Gasteiger partial charge >= 0.3 is 0 Å². The lowest BCUT2D eigenvalue weighted by atomic mass is 9.33. The largest absolute Gasteiger partial charge is 0.311 e. The minimum absolute atomic E-state index is 0.103. The van der Waals surface area contributed by atoms with Gasteiger partial charge in [-0.1, -0.05) is 263 Å². The lowest BCUT2D eigenvalue weighted by molar-refractivity contribution is 0.867. The van der Waals surface area contributed by atoms with Gasteiger partial charge in [-0.05, 0) is 186 Å². The Balaban J connectivity index is 0.000000142. The molecule has 6 heteroatoms. The smallest absolute Gasteiger partial charge is 0.252 e. The monoisotopic (exact) mass is 1190 g/mol. The number of hydrogen-bond acceptors (Lipinski definition) is 4. The van der Waals surface area contributed by atoms with Crippen molar-refractivity contribution in [1.82, 2.24) is 0 Å². The Kier molecular flexibility index (Phi) is 13.9. The molecule has 0 saturated carbocycles. The van der Waals surface area contributed by atoms with Gasteiger partial charge in [-0.3, -0.25) is 0 Å². The van der Waals surface area contributed by atoms with Gasteiger partial charge in [0.15, 0.2) is 0 Å². The highest BCUT2D eigenvalue weighted by Gasteiger charge is 2.45. The fourth-order valence-electron chi connectivity index (χ4n) is 15.0. The molecule has 0 N–H and O–H groups in total. The first-order valence-corrected chi connectivity index (χ1v) is 32.5. The van der Waals surface area contributed by atoms with Gasteiger partial charge in [0.25, 0.3) is 13.4 Å². The molecule has 93 heavy (non-hydrogen) atoms. The predicted molar refractivity (Wildman–Crippen MR) is 397 cm³/mol. The van der Waals surface area contributed by atoms with Gasteiger partial charge in [-0.25, -0.2) is 0 Å². The maximum atomic E-state index is 2.50. The van der Waals surface area contributed by atoms with Crippen LogP contribution in [0.5, 0.6) is 0 Å². The SMILES string of the molecule is CC(C)c1ccc(-c2ccc3c(c2)N(c2cccc(-c4ccccc4)c2)c2cccc4c2B3c2ccccc2N4c2ccccc2)cc1.c1ccc(-c2ccc(N3c4ccc(-c5ccccc5)cc4B4c5ccccc5N(c5ccccc5)c5cccc3c54)cc2)cc1. The summed E-state index contributed by atoms with van der Waals surface area (Å²) in [5, 5.41) is 0. The molecule has 0 amide bonds. The minimum atomic E-state index is 0.103. The van der Waals surface area contributed by atoms with Gasteiger partial charge in [-0.15, -0.1) is 0 Å². The van der Waals surface area contributed by atoms with Crippen LogP contribution in [0.25, 0.3) is 44.5 Å². The molecule has 18 rings (SSSR count). The average molecular weight is 1190 g/mol. The van der Waals surface area contributed by atoms with Crippen molar-refractivity contribution in [2.24, 2.45) is 0 Å². The van der Waals surface area contributed by atoms with E-state index < -0.39 is 0 Å². The first-order valence-electron chi connectivity index (χ1n) is 32.5. The van der Waals surface area contributed by atoms with Gasteiger partial charge in [0.1, 0.15) is 0 Å². The molecule has 4 aliphatic heterocycles. The Morgan fingerprint density at radius 2 is 0.516 bits per heavy atom. The standard InChI is InChI=1S/C45H35BN2.C42H29BN2/c1-31(2)32-23-25-34(26-24-32)36-27-28-40-44(30-36)48(38-18-11-15-35(29-38)33-13-5-3-6-14-33)43-22-12-21-42-45(43)46(40)39-19-9-10-20-41(39)47(42)37-16-7-4-8-17-37;1-4-13-30(14-5-1)32-23-26-35(27-24-32)45-39-28-25-33(31-15-6-2-7-16-31)29-37(39)43-36-19-10-11-20-38(36)44(34-17-8-3-9-18-34)40-21-12-22-41(45)42(40)43/h3-31H,1-2H3;1-29H. The zero-order valence-corrected chi connectivity index (χ0v) is 51.9. The third kappa shape index (κ3) is 9.64. The number of para-hydroxylation sites is 4. The molecule has 0 saturated heterocycles. The molecule has 14 aromatic carbocycles. The number of hydrogen-bond donors (Lipinski definition) is 0. The molecule has 0 radical (unpaired) electrons. The molecule has 14 aromatic rings. The number of fused-ring (bicyclic) bond motifs is 8. The van der Waals surface area contributed by atoms with E-state index >= 15 is 0 Å². The van der Waals surface area contributed by atoms with E-state index in [4.69, 9.17) is 0 Å². The van der Waals surface area contributed by atoms with E-state index in [0.29, 0.717) is 5.92 Å². The molecule has 0 spiro atoms. The lowest BCUT2D eigenvalue weighted by Crippen LogP contribution is -2.61. The third-order valence-electron chi connectivity index (χ3n) is 19.3. The first-order chi connectivity index (χ1) is 46.0. The summed E-state index contributed by atoms with van der Waals surface area (Å²) in [7, 11) is 0. The van der Waals surface area contributed by atoms with Gasteiger partial charge < -0.3 is 19.6 Å². The van der Waals surface area contributed by atoms with Gasteiger partial charge in [0, 0.05) is 68.2 Å². The van der Waals surface area contributed by atoms with Crippen molar-refractivity contribution in [3.8, 4) is 44.5 Å². The topological polar surface area (TPSA) is 13.0 Å². The molecule has 0 atom stereocenters. The Hall–Kier alpha value is -11.6. The second-order valence-electron chi connectivity index (χ2n) is 24.9. The summed E-state index contributed by atoms with van der Waals surface area (Å²) in [6.45, 7) is 4.71. The van der Waals surface area contributed by atoms with Crippen molar-refractivity contribution in [3.63, 3.8) is 0 Å². The highest BCUT2D eigenvalue weighted by Crippen LogP contribution is 2.47. The van der Waals surface area contributed by atoms with E-state index in [1.807, 2.05) is 0 Å². The van der Waals surface area contributed by atoms with Crippen molar-refractivity contribution in [2.75, 3.05) is 19.6 Å². The van der Waals surface area contributed by atoms with Crippen LogP contribution in [-0.2, 0) is 0 Å². The first kappa shape index (κ1) is 55.5. The minimum Gasteiger partial charge on any atom is -0.311 e. The van der Waals surface area contributed by atoms with Crippen LogP contribution >= 0.6 is 0 Å². The Labute approximate surface area is 546 Å². The molecule has 0 aliphatic carbocycles. The summed E-state index contributed by atoms with van der Waals surface area (Å²) in [6.07, 6.45) is 0. The van der Waals surface area contributed by atoms with Crippen LogP contribution in [0.15, 0.2) is 346 Å². The van der Waals surface area contributed by atoms with E-state index in [2.05, 4.69) is 379 Å². The van der Waals surface area contributed by atoms with E-state index in [0.717, 1.165) is 11.4 Å². The van der Waals surface area contributed by atoms with E-state index in [1.54, 1.807) is 0 Å². The molecule has 4 aliphatic rings. The zero-order chi connectivity index (χ0) is 61.9. The van der Waals surface area contributed by atoms with Crippen molar-refractivity contribution in [1.29, 1.82) is 0 Å². The summed E-state index contributed by atoms with van der Waals surface area (Å²) in [5.74, 6) is 0.502. The van der Waals surface area contributed by atoms with Crippen LogP contribution in [0.1, 0.15) is 25.3 Å². The fraction of sp³-hybridized carbons (Fsp3) is 0.0345. The molecule has 4 nitrogen and oxygen atoms in total. The van der Waals surface area contributed by atoms with Crippen molar-refractivity contribution in [2.45, 2.75) is 19.8 Å². The van der Waals surface area contributed by atoms with Crippen LogP contribution in [-0.4, -0.2) is 13.4 Å². The summed E-state index contributed by atoms with van der Waals surface area (Å²) in [5.41, 5.74) is 33.6. The van der Waals surface area contributed by atoms with Gasteiger partial charge in [0.2, 0.25) is 0 Å². The molecular weight excluding hydrogens is 1120 g/mol. The average Bonchev–Trinajstić information content (AvgIpc) is 0.726.